The summed E-state index contributed by atoms with van der Waals surface area (Å²) in [6.45, 7) is 1.93. The molecule has 0 unspecified atom stereocenters. The Balaban J connectivity index is 2.33. The Hall–Kier alpha value is -2.86. The van der Waals surface area contributed by atoms with Crippen LogP contribution in [0.4, 0.5) is 5.69 Å². The minimum atomic E-state index is -0.594. The molecule has 2 rings (SSSR count). The van der Waals surface area contributed by atoms with Gasteiger partial charge in [0.15, 0.2) is 0 Å². The first-order valence-corrected chi connectivity index (χ1v) is 8.41. The third kappa shape index (κ3) is 4.58. The smallest absolute Gasteiger partial charge is 0.316 e. The first-order chi connectivity index (χ1) is 12.0. The number of non-ortho nitro benzene ring substituents is 1. The van der Waals surface area contributed by atoms with Gasteiger partial charge < -0.3 is 10.1 Å². The number of rotatable bonds is 6. The maximum Gasteiger partial charge on any atom is 0.316 e. The highest BCUT2D eigenvalue weighted by Crippen LogP contribution is 2.36. The number of amides is 1. The molecular formula is C16H15N3O5S. The number of ether oxygens (including phenoxy) is 1. The monoisotopic (exact) mass is 361 g/mol. The van der Waals surface area contributed by atoms with Gasteiger partial charge >= 0.3 is 5.97 Å². The van der Waals surface area contributed by atoms with Crippen molar-refractivity contribution in [3.8, 4) is 6.07 Å². The Kier molecular flexibility index (Phi) is 6.14. The minimum absolute atomic E-state index is 0.00747. The molecule has 130 valence electrons. The van der Waals surface area contributed by atoms with E-state index in [2.05, 4.69) is 5.32 Å². The standard InChI is InChI=1S/C16H15N3O5S/c1-2-24-15(21)9-25-16-13(8-17)12(7-14(20)18-16)10-4-3-5-11(6-10)19(22)23/h3-6,12H,2,7,9H2,1H3,(H,18,20)/t12-/m1/s1. The van der Waals surface area contributed by atoms with Gasteiger partial charge in [0.1, 0.15) is 0 Å². The van der Waals surface area contributed by atoms with Crippen LogP contribution in [0.3, 0.4) is 0 Å². The third-order valence-electron chi connectivity index (χ3n) is 3.48. The molecule has 1 aromatic carbocycles. The van der Waals surface area contributed by atoms with Crippen molar-refractivity contribution in [2.24, 2.45) is 0 Å². The van der Waals surface area contributed by atoms with E-state index in [9.17, 15) is 25.0 Å². The second kappa shape index (κ2) is 8.30. The van der Waals surface area contributed by atoms with E-state index in [0.717, 1.165) is 11.8 Å². The summed E-state index contributed by atoms with van der Waals surface area (Å²) in [6, 6.07) is 7.91. The molecule has 0 spiro atoms. The number of carbonyl (C=O) groups excluding carboxylic acids is 2. The lowest BCUT2D eigenvalue weighted by Gasteiger charge is -2.24. The first kappa shape index (κ1) is 18.5. The van der Waals surface area contributed by atoms with E-state index < -0.39 is 16.8 Å². The number of nitriles is 1. The van der Waals surface area contributed by atoms with Crippen LogP contribution in [-0.4, -0.2) is 29.2 Å². The van der Waals surface area contributed by atoms with Gasteiger partial charge in [-0.05, 0) is 12.5 Å². The maximum atomic E-state index is 12.0. The molecule has 1 N–H and O–H groups in total. The summed E-state index contributed by atoms with van der Waals surface area (Å²) in [5.41, 5.74) is 0.672. The quantitative estimate of drug-likeness (QED) is 0.468. The Labute approximate surface area is 148 Å². The molecule has 1 amide bonds. The Morgan fingerprint density at radius 3 is 2.96 bits per heavy atom. The summed E-state index contributed by atoms with van der Waals surface area (Å²) in [4.78, 5) is 33.9. The van der Waals surface area contributed by atoms with Crippen LogP contribution in [-0.2, 0) is 14.3 Å². The molecule has 1 heterocycles. The van der Waals surface area contributed by atoms with Crippen LogP contribution in [0.5, 0.6) is 0 Å². The zero-order valence-corrected chi connectivity index (χ0v) is 14.2. The molecule has 8 nitrogen and oxygen atoms in total. The van der Waals surface area contributed by atoms with Crippen molar-refractivity contribution in [1.29, 1.82) is 5.26 Å². The maximum absolute atomic E-state index is 12.0. The fraction of sp³-hybridized carbons (Fsp3) is 0.312. The number of hydrogen-bond acceptors (Lipinski definition) is 7. The number of nitro groups is 1. The van der Waals surface area contributed by atoms with E-state index in [-0.39, 0.29) is 41.0 Å². The molecule has 1 atom stereocenters. The van der Waals surface area contributed by atoms with Gasteiger partial charge in [0.2, 0.25) is 5.91 Å². The van der Waals surface area contributed by atoms with E-state index >= 15 is 0 Å². The van der Waals surface area contributed by atoms with Gasteiger partial charge in [0.05, 0.1) is 34.0 Å². The molecular weight excluding hydrogens is 346 g/mol. The fourth-order valence-electron chi connectivity index (χ4n) is 2.41. The number of nitro benzene ring substituents is 1. The Bertz CT molecular complexity index is 784. The molecule has 1 aromatic rings. The van der Waals surface area contributed by atoms with E-state index in [1.165, 1.54) is 18.2 Å². The second-order valence-electron chi connectivity index (χ2n) is 5.11. The first-order valence-electron chi connectivity index (χ1n) is 7.43. The molecule has 0 radical (unpaired) electrons. The summed E-state index contributed by atoms with van der Waals surface area (Å²) in [5, 5.41) is 23.3. The molecule has 9 heteroatoms. The zero-order valence-electron chi connectivity index (χ0n) is 13.4. The predicted molar refractivity (Wildman–Crippen MR) is 90.3 cm³/mol. The second-order valence-corrected chi connectivity index (χ2v) is 6.09. The van der Waals surface area contributed by atoms with Gasteiger partial charge in [-0.1, -0.05) is 23.9 Å². The van der Waals surface area contributed by atoms with Crippen LogP contribution < -0.4 is 5.32 Å². The highest BCUT2D eigenvalue weighted by Gasteiger charge is 2.30. The van der Waals surface area contributed by atoms with Gasteiger partial charge in [-0.2, -0.15) is 5.26 Å². The van der Waals surface area contributed by atoms with Crippen molar-refractivity contribution in [2.45, 2.75) is 19.3 Å². The van der Waals surface area contributed by atoms with Crippen LogP contribution in [0.2, 0.25) is 0 Å². The number of allylic oxidation sites excluding steroid dienone is 1. The molecule has 0 aliphatic carbocycles. The SMILES string of the molecule is CCOC(=O)CSC1=C(C#N)[C@@H](c2cccc([N+](=O)[O-])c2)CC(=O)N1. The molecule has 1 aliphatic heterocycles. The van der Waals surface area contributed by atoms with E-state index in [1.807, 2.05) is 6.07 Å². The summed E-state index contributed by atoms with van der Waals surface area (Å²) in [5.74, 6) is -1.41. The lowest BCUT2D eigenvalue weighted by Crippen LogP contribution is -2.31. The van der Waals surface area contributed by atoms with Crippen LogP contribution in [0.15, 0.2) is 34.9 Å². The topological polar surface area (TPSA) is 122 Å². The number of benzene rings is 1. The molecule has 1 aliphatic rings. The molecule has 0 aromatic heterocycles. The van der Waals surface area contributed by atoms with Crippen molar-refractivity contribution in [1.82, 2.24) is 5.32 Å². The van der Waals surface area contributed by atoms with Crippen molar-refractivity contribution < 1.29 is 19.2 Å². The summed E-state index contributed by atoms with van der Waals surface area (Å²) in [6.07, 6.45) is 0.00747. The van der Waals surface area contributed by atoms with Gasteiger partial charge in [-0.25, -0.2) is 0 Å². The summed E-state index contributed by atoms with van der Waals surface area (Å²) >= 11 is 1.01. The average molecular weight is 361 g/mol. The van der Waals surface area contributed by atoms with Crippen molar-refractivity contribution in [3.05, 3.63) is 50.5 Å². The average Bonchev–Trinajstić information content (AvgIpc) is 2.59. The van der Waals surface area contributed by atoms with Crippen LogP contribution >= 0.6 is 11.8 Å². The van der Waals surface area contributed by atoms with Crippen molar-refractivity contribution in [2.75, 3.05) is 12.4 Å². The summed E-state index contributed by atoms with van der Waals surface area (Å²) < 4.78 is 4.83. The molecule has 0 saturated heterocycles. The van der Waals surface area contributed by atoms with Gasteiger partial charge in [-0.15, -0.1) is 0 Å². The van der Waals surface area contributed by atoms with Crippen molar-refractivity contribution >= 4 is 29.3 Å². The number of hydrogen-bond donors (Lipinski definition) is 1. The Morgan fingerprint density at radius 2 is 2.32 bits per heavy atom. The molecule has 0 bridgehead atoms. The number of esters is 1. The van der Waals surface area contributed by atoms with Gasteiger partial charge in [0.25, 0.3) is 5.69 Å². The zero-order chi connectivity index (χ0) is 18.4. The van der Waals surface area contributed by atoms with Gasteiger partial charge in [-0.3, -0.25) is 19.7 Å². The Morgan fingerprint density at radius 1 is 1.56 bits per heavy atom. The fourth-order valence-corrected chi connectivity index (χ4v) is 3.28. The van der Waals surface area contributed by atoms with Gasteiger partial charge in [0, 0.05) is 24.5 Å². The lowest BCUT2D eigenvalue weighted by atomic mass is 9.87. The van der Waals surface area contributed by atoms with Crippen LogP contribution in [0.25, 0.3) is 0 Å². The molecule has 0 fully saturated rings. The largest absolute Gasteiger partial charge is 0.465 e. The number of carbonyl (C=O) groups is 2. The third-order valence-corrected chi connectivity index (χ3v) is 4.47. The lowest BCUT2D eigenvalue weighted by molar-refractivity contribution is -0.384. The van der Waals surface area contributed by atoms with Crippen LogP contribution in [0, 0.1) is 21.4 Å². The highest BCUT2D eigenvalue weighted by molar-refractivity contribution is 8.03. The van der Waals surface area contributed by atoms with Crippen molar-refractivity contribution in [3.63, 3.8) is 0 Å². The molecule has 25 heavy (non-hydrogen) atoms. The van der Waals surface area contributed by atoms with Crippen LogP contribution in [0.1, 0.15) is 24.8 Å². The number of nitrogens with zero attached hydrogens (tertiary/aromatic N) is 2. The number of nitrogens with one attached hydrogen (secondary N) is 1. The molecule has 0 saturated carbocycles. The van der Waals surface area contributed by atoms with E-state index in [1.54, 1.807) is 13.0 Å². The van der Waals surface area contributed by atoms with E-state index in [4.69, 9.17) is 4.74 Å². The van der Waals surface area contributed by atoms with E-state index in [0.29, 0.717) is 5.56 Å². The minimum Gasteiger partial charge on any atom is -0.465 e. The number of thioether (sulfide) groups is 1. The summed E-state index contributed by atoms with van der Waals surface area (Å²) in [7, 11) is 0. The predicted octanol–water partition coefficient (Wildman–Crippen LogP) is 2.23. The normalized spacial score (nSPS) is 16.8. The highest BCUT2D eigenvalue weighted by atomic mass is 32.2.